The molecule has 1 saturated heterocycles. The molecule has 1 fully saturated rings. The molecule has 36 heavy (non-hydrogen) atoms. The van der Waals surface area contributed by atoms with Gasteiger partial charge in [-0.2, -0.15) is 26.3 Å². The van der Waals surface area contributed by atoms with Crippen LogP contribution >= 0.6 is 0 Å². The maximum Gasteiger partial charge on any atom is 0.416 e. The zero-order valence-electron chi connectivity index (χ0n) is 19.1. The Kier molecular flexibility index (Phi) is 6.80. The summed E-state index contributed by atoms with van der Waals surface area (Å²) in [6.07, 6.45) is -8.94. The fourth-order valence-electron chi connectivity index (χ4n) is 3.80. The highest BCUT2D eigenvalue weighted by atomic mass is 32.2. The molecule has 0 spiro atoms. The number of benzene rings is 2. The SMILES string of the molecule is CC(C)(C1CN(C(=O)c2ccc(C(F)(F)F)cc2S(C)(=O)=O)C1)S(=O)(=O)c1cccc(C(F)(F)F)c1. The number of carbonyl (C=O) groups excluding carboxylic acids is 1. The van der Waals surface area contributed by atoms with Crippen molar-refractivity contribution in [1.29, 1.82) is 0 Å². The zero-order chi connectivity index (χ0) is 27.5. The fourth-order valence-corrected chi connectivity index (χ4v) is 6.43. The summed E-state index contributed by atoms with van der Waals surface area (Å²) in [5.41, 5.74) is -2.89. The van der Waals surface area contributed by atoms with Gasteiger partial charge in [0.2, 0.25) is 0 Å². The van der Waals surface area contributed by atoms with Crippen molar-refractivity contribution in [2.75, 3.05) is 19.3 Å². The normalized spacial score (nSPS) is 16.1. The molecule has 198 valence electrons. The first-order valence-corrected chi connectivity index (χ1v) is 13.7. The molecule has 3 rings (SSSR count). The first-order valence-electron chi connectivity index (χ1n) is 10.3. The van der Waals surface area contributed by atoms with Crippen LogP contribution < -0.4 is 0 Å². The monoisotopic (exact) mass is 557 g/mol. The molecular formula is C22H21F6NO5S2. The number of hydrogen-bond donors (Lipinski definition) is 0. The Morgan fingerprint density at radius 2 is 1.39 bits per heavy atom. The zero-order valence-corrected chi connectivity index (χ0v) is 20.7. The number of likely N-dealkylation sites (tertiary alicyclic amines) is 1. The van der Waals surface area contributed by atoms with Gasteiger partial charge in [0, 0.05) is 25.3 Å². The molecule has 0 bridgehead atoms. The molecule has 1 amide bonds. The second-order valence-corrected chi connectivity index (χ2v) is 13.5. The van der Waals surface area contributed by atoms with Gasteiger partial charge in [-0.15, -0.1) is 0 Å². The Hall–Kier alpha value is -2.61. The molecule has 1 heterocycles. The van der Waals surface area contributed by atoms with Crippen molar-refractivity contribution in [3.05, 3.63) is 59.2 Å². The van der Waals surface area contributed by atoms with Gasteiger partial charge in [-0.05, 0) is 50.2 Å². The lowest BCUT2D eigenvalue weighted by molar-refractivity contribution is -0.138. The van der Waals surface area contributed by atoms with Crippen LogP contribution in [0.2, 0.25) is 0 Å². The number of nitrogens with zero attached hydrogens (tertiary/aromatic N) is 1. The summed E-state index contributed by atoms with van der Waals surface area (Å²) in [4.78, 5) is 12.6. The molecule has 6 nitrogen and oxygen atoms in total. The molecule has 0 atom stereocenters. The second-order valence-electron chi connectivity index (χ2n) is 9.02. The molecule has 1 aliphatic rings. The van der Waals surface area contributed by atoms with Crippen LogP contribution in [0.15, 0.2) is 52.3 Å². The maximum atomic E-state index is 13.2. The van der Waals surface area contributed by atoms with Gasteiger partial charge in [-0.3, -0.25) is 4.79 Å². The summed E-state index contributed by atoms with van der Waals surface area (Å²) < 4.78 is 127. The Bertz CT molecular complexity index is 1410. The average Bonchev–Trinajstić information content (AvgIpc) is 2.70. The molecule has 14 heteroatoms. The number of carbonyl (C=O) groups is 1. The predicted molar refractivity (Wildman–Crippen MR) is 117 cm³/mol. The summed E-state index contributed by atoms with van der Waals surface area (Å²) in [6.45, 7) is 2.20. The van der Waals surface area contributed by atoms with Gasteiger partial charge in [-0.25, -0.2) is 16.8 Å². The summed E-state index contributed by atoms with van der Waals surface area (Å²) in [6, 6.07) is 4.95. The van der Waals surface area contributed by atoms with Gasteiger partial charge >= 0.3 is 12.4 Å². The van der Waals surface area contributed by atoms with Gasteiger partial charge in [0.15, 0.2) is 19.7 Å². The Morgan fingerprint density at radius 1 is 0.861 bits per heavy atom. The van der Waals surface area contributed by atoms with E-state index in [0.29, 0.717) is 24.5 Å². The van der Waals surface area contributed by atoms with E-state index in [1.165, 1.54) is 13.8 Å². The standard InChI is InChI=1S/C22H21F6NO5S2/c1-20(2,36(33,34)16-6-4-5-13(9-16)21(23,24)25)15-11-29(12-15)19(30)17-8-7-14(22(26,27)28)10-18(17)35(3,31)32/h4-10,15H,11-12H2,1-3H3. The highest BCUT2D eigenvalue weighted by Gasteiger charge is 2.50. The van der Waals surface area contributed by atoms with Gasteiger partial charge in [-0.1, -0.05) is 6.07 Å². The van der Waals surface area contributed by atoms with Crippen LogP contribution in [0.1, 0.15) is 35.3 Å². The molecule has 0 aromatic heterocycles. The van der Waals surface area contributed by atoms with E-state index in [1.54, 1.807) is 0 Å². The number of amides is 1. The van der Waals surface area contributed by atoms with Crippen LogP contribution in [0.3, 0.4) is 0 Å². The van der Waals surface area contributed by atoms with Crippen LogP contribution in [0.4, 0.5) is 26.3 Å². The largest absolute Gasteiger partial charge is 0.416 e. The number of alkyl halides is 6. The Labute approximate surface area is 203 Å². The molecule has 2 aromatic rings. The van der Waals surface area contributed by atoms with Crippen molar-refractivity contribution in [2.45, 2.75) is 40.7 Å². The third-order valence-electron chi connectivity index (χ3n) is 6.26. The smallest absolute Gasteiger partial charge is 0.338 e. The van der Waals surface area contributed by atoms with Crippen LogP contribution in [0, 0.1) is 5.92 Å². The van der Waals surface area contributed by atoms with E-state index >= 15 is 0 Å². The first-order chi connectivity index (χ1) is 16.2. The third-order valence-corrected chi connectivity index (χ3v) is 9.98. The molecule has 1 aliphatic heterocycles. The van der Waals surface area contributed by atoms with E-state index in [9.17, 15) is 48.0 Å². The van der Waals surface area contributed by atoms with Crippen molar-refractivity contribution in [1.82, 2.24) is 4.90 Å². The van der Waals surface area contributed by atoms with E-state index in [2.05, 4.69) is 0 Å². The molecular weight excluding hydrogens is 536 g/mol. The molecule has 0 radical (unpaired) electrons. The maximum absolute atomic E-state index is 13.2. The Balaban J connectivity index is 1.87. The highest BCUT2D eigenvalue weighted by Crippen LogP contribution is 2.40. The van der Waals surface area contributed by atoms with Crippen LogP contribution in [0.5, 0.6) is 0 Å². The average molecular weight is 558 g/mol. The van der Waals surface area contributed by atoms with Crippen molar-refractivity contribution in [2.24, 2.45) is 5.92 Å². The number of halogens is 6. The van der Waals surface area contributed by atoms with Crippen molar-refractivity contribution < 1.29 is 48.0 Å². The van der Waals surface area contributed by atoms with E-state index < -0.39 is 75.1 Å². The van der Waals surface area contributed by atoms with Crippen LogP contribution in [-0.4, -0.2) is 51.7 Å². The third kappa shape index (κ3) is 5.10. The molecule has 2 aromatic carbocycles. The van der Waals surface area contributed by atoms with Gasteiger partial charge in [0.05, 0.1) is 31.2 Å². The summed E-state index contributed by atoms with van der Waals surface area (Å²) >= 11 is 0. The number of sulfone groups is 2. The van der Waals surface area contributed by atoms with Crippen molar-refractivity contribution in [3.8, 4) is 0 Å². The summed E-state index contributed by atoms with van der Waals surface area (Å²) in [5, 5.41) is 0. The van der Waals surface area contributed by atoms with Gasteiger partial charge < -0.3 is 4.90 Å². The van der Waals surface area contributed by atoms with E-state index in [0.717, 1.165) is 29.2 Å². The molecule has 0 unspecified atom stereocenters. The summed E-state index contributed by atoms with van der Waals surface area (Å²) in [7, 11) is -8.54. The minimum atomic E-state index is -4.84. The lowest BCUT2D eigenvalue weighted by Crippen LogP contribution is -2.60. The quantitative estimate of drug-likeness (QED) is 0.507. The van der Waals surface area contributed by atoms with Gasteiger partial charge in [0.25, 0.3) is 5.91 Å². The first kappa shape index (κ1) is 28.0. The molecule has 0 N–H and O–H groups in total. The molecule has 0 aliphatic carbocycles. The minimum absolute atomic E-state index is 0.200. The summed E-state index contributed by atoms with van der Waals surface area (Å²) in [5.74, 6) is -1.65. The minimum Gasteiger partial charge on any atom is -0.338 e. The van der Waals surface area contributed by atoms with E-state index in [1.807, 2.05) is 0 Å². The lowest BCUT2D eigenvalue weighted by atomic mass is 9.87. The van der Waals surface area contributed by atoms with Crippen molar-refractivity contribution >= 4 is 25.6 Å². The topological polar surface area (TPSA) is 88.6 Å². The van der Waals surface area contributed by atoms with Crippen molar-refractivity contribution in [3.63, 3.8) is 0 Å². The highest BCUT2D eigenvalue weighted by molar-refractivity contribution is 7.92. The lowest BCUT2D eigenvalue weighted by Gasteiger charge is -2.47. The van der Waals surface area contributed by atoms with E-state index in [4.69, 9.17) is 0 Å². The number of rotatable bonds is 5. The van der Waals surface area contributed by atoms with Crippen LogP contribution in [-0.2, 0) is 32.0 Å². The fraction of sp³-hybridized carbons (Fsp3) is 0.409. The second kappa shape index (κ2) is 8.75. The van der Waals surface area contributed by atoms with Crippen LogP contribution in [0.25, 0.3) is 0 Å². The number of hydrogen-bond acceptors (Lipinski definition) is 5. The Morgan fingerprint density at radius 3 is 1.89 bits per heavy atom. The van der Waals surface area contributed by atoms with E-state index in [-0.39, 0.29) is 13.1 Å². The van der Waals surface area contributed by atoms with Gasteiger partial charge in [0.1, 0.15) is 0 Å². The predicted octanol–water partition coefficient (Wildman–Crippen LogP) is 4.45. The molecule has 0 saturated carbocycles.